The Balaban J connectivity index is 2.42. The number of ketones is 1. The third-order valence-corrected chi connectivity index (χ3v) is 4.22. The molecule has 0 spiro atoms. The fraction of sp³-hybridized carbons (Fsp3) is 0.533. The van der Waals surface area contributed by atoms with Gasteiger partial charge in [0.25, 0.3) is 0 Å². The second kappa shape index (κ2) is 4.73. The number of rotatable bonds is 2. The van der Waals surface area contributed by atoms with Crippen molar-refractivity contribution in [3.05, 3.63) is 29.8 Å². The Bertz CT molecular complexity index is 456. The van der Waals surface area contributed by atoms with Crippen molar-refractivity contribution in [2.75, 3.05) is 14.1 Å². The molecule has 3 nitrogen and oxygen atoms in total. The number of phenolic OH excluding ortho intramolecular Hbond substituents is 1. The molecular formula is C15H21NO2. The molecule has 1 fully saturated rings. The van der Waals surface area contributed by atoms with Gasteiger partial charge in [0.2, 0.25) is 0 Å². The van der Waals surface area contributed by atoms with Crippen LogP contribution in [-0.2, 0) is 10.3 Å². The third kappa shape index (κ3) is 2.15. The average molecular weight is 247 g/mol. The highest BCUT2D eigenvalue weighted by atomic mass is 16.3. The van der Waals surface area contributed by atoms with Crippen molar-refractivity contribution in [1.29, 1.82) is 0 Å². The monoisotopic (exact) mass is 247 g/mol. The first kappa shape index (κ1) is 13.1. The van der Waals surface area contributed by atoms with Crippen LogP contribution < -0.4 is 0 Å². The molecule has 1 saturated carbocycles. The van der Waals surface area contributed by atoms with E-state index >= 15 is 0 Å². The molecule has 0 aliphatic heterocycles. The van der Waals surface area contributed by atoms with Gasteiger partial charge in [0.05, 0.1) is 0 Å². The third-order valence-electron chi connectivity index (χ3n) is 4.22. The molecule has 0 radical (unpaired) electrons. The molecule has 1 aromatic rings. The number of phenols is 1. The zero-order valence-electron chi connectivity index (χ0n) is 11.3. The van der Waals surface area contributed by atoms with Gasteiger partial charge < -0.3 is 5.11 Å². The molecule has 2 unspecified atom stereocenters. The lowest BCUT2D eigenvalue weighted by Crippen LogP contribution is -2.47. The van der Waals surface area contributed by atoms with E-state index in [4.69, 9.17) is 0 Å². The summed E-state index contributed by atoms with van der Waals surface area (Å²) >= 11 is 0. The number of benzene rings is 1. The van der Waals surface area contributed by atoms with E-state index in [1.165, 1.54) is 0 Å². The van der Waals surface area contributed by atoms with Gasteiger partial charge in [-0.2, -0.15) is 0 Å². The van der Waals surface area contributed by atoms with Crippen LogP contribution in [-0.4, -0.2) is 29.9 Å². The molecule has 0 saturated heterocycles. The normalized spacial score (nSPS) is 28.7. The van der Waals surface area contributed by atoms with Gasteiger partial charge in [-0.25, -0.2) is 0 Å². The molecule has 1 N–H and O–H groups in total. The van der Waals surface area contributed by atoms with Crippen LogP contribution in [0.2, 0.25) is 0 Å². The number of Topliss-reactive ketones (excluding diaryl/α,β-unsaturated/α-hetero) is 1. The molecule has 2 rings (SSSR count). The summed E-state index contributed by atoms with van der Waals surface area (Å²) in [5.74, 6) is 0.731. The van der Waals surface area contributed by atoms with Crippen LogP contribution in [0.4, 0.5) is 0 Å². The quantitative estimate of drug-likeness (QED) is 0.873. The van der Waals surface area contributed by atoms with Gasteiger partial charge >= 0.3 is 0 Å². The van der Waals surface area contributed by atoms with Crippen LogP contribution >= 0.6 is 0 Å². The largest absolute Gasteiger partial charge is 0.508 e. The Morgan fingerprint density at radius 2 is 2.11 bits per heavy atom. The van der Waals surface area contributed by atoms with E-state index in [1.54, 1.807) is 6.07 Å². The Morgan fingerprint density at radius 3 is 2.67 bits per heavy atom. The topological polar surface area (TPSA) is 40.5 Å². The van der Waals surface area contributed by atoms with Crippen LogP contribution in [0.25, 0.3) is 0 Å². The molecule has 0 heterocycles. The number of hydrogen-bond donors (Lipinski definition) is 1. The molecule has 0 bridgehead atoms. The predicted octanol–water partition coefficient (Wildman–Crippen LogP) is 2.54. The zero-order valence-corrected chi connectivity index (χ0v) is 11.3. The number of nitrogens with zero attached hydrogens (tertiary/aromatic N) is 1. The molecule has 18 heavy (non-hydrogen) atoms. The molecule has 1 aromatic carbocycles. The lowest BCUT2D eigenvalue weighted by atomic mass is 9.71. The smallest absolute Gasteiger partial charge is 0.135 e. The fourth-order valence-electron chi connectivity index (χ4n) is 3.02. The van der Waals surface area contributed by atoms with Crippen LogP contribution in [0, 0.1) is 5.92 Å². The molecule has 2 atom stereocenters. The van der Waals surface area contributed by atoms with Gasteiger partial charge in [0, 0.05) is 17.9 Å². The summed E-state index contributed by atoms with van der Waals surface area (Å²) in [6.45, 7) is 2.00. The second-order valence-corrected chi connectivity index (χ2v) is 5.55. The number of carbonyl (C=O) groups excluding carboxylic acids is 1. The standard InChI is InChI=1S/C15H21NO2/c1-11-10-15(16(2)3,8-7-14(11)18)12-5-4-6-13(17)9-12/h4-6,9,11,17H,7-8,10H2,1-3H3. The lowest BCUT2D eigenvalue weighted by molar-refractivity contribution is -0.127. The summed E-state index contributed by atoms with van der Waals surface area (Å²) in [5.41, 5.74) is 0.971. The highest BCUT2D eigenvalue weighted by molar-refractivity contribution is 5.81. The van der Waals surface area contributed by atoms with Crippen molar-refractivity contribution in [2.45, 2.75) is 31.7 Å². The first-order chi connectivity index (χ1) is 8.45. The van der Waals surface area contributed by atoms with Crippen molar-refractivity contribution in [1.82, 2.24) is 4.90 Å². The Kier molecular flexibility index (Phi) is 3.44. The molecule has 3 heteroatoms. The SMILES string of the molecule is CC1CC(c2cccc(O)c2)(N(C)C)CCC1=O. The highest BCUT2D eigenvalue weighted by Crippen LogP contribution is 2.42. The van der Waals surface area contributed by atoms with E-state index in [9.17, 15) is 9.90 Å². The van der Waals surface area contributed by atoms with Gasteiger partial charge in [-0.05, 0) is 44.6 Å². The van der Waals surface area contributed by atoms with Gasteiger partial charge in [0.1, 0.15) is 11.5 Å². The van der Waals surface area contributed by atoms with Crippen LogP contribution in [0.5, 0.6) is 5.75 Å². The van der Waals surface area contributed by atoms with Crippen LogP contribution in [0.15, 0.2) is 24.3 Å². The first-order valence-electron chi connectivity index (χ1n) is 6.45. The van der Waals surface area contributed by atoms with Crippen molar-refractivity contribution >= 4 is 5.78 Å². The van der Waals surface area contributed by atoms with E-state index in [0.29, 0.717) is 18.0 Å². The summed E-state index contributed by atoms with van der Waals surface area (Å²) in [6, 6.07) is 7.42. The summed E-state index contributed by atoms with van der Waals surface area (Å²) in [6.07, 6.45) is 2.27. The molecular weight excluding hydrogens is 226 g/mol. The summed E-state index contributed by atoms with van der Waals surface area (Å²) in [4.78, 5) is 13.9. The maximum absolute atomic E-state index is 11.7. The van der Waals surface area contributed by atoms with Crippen molar-refractivity contribution < 1.29 is 9.90 Å². The first-order valence-corrected chi connectivity index (χ1v) is 6.45. The zero-order chi connectivity index (χ0) is 13.3. The van der Waals surface area contributed by atoms with E-state index in [-0.39, 0.29) is 11.5 Å². The number of carbonyl (C=O) groups is 1. The van der Waals surface area contributed by atoms with Crippen molar-refractivity contribution in [3.63, 3.8) is 0 Å². The van der Waals surface area contributed by atoms with E-state index in [2.05, 4.69) is 4.90 Å². The summed E-state index contributed by atoms with van der Waals surface area (Å²) in [7, 11) is 4.10. The van der Waals surface area contributed by atoms with Crippen molar-refractivity contribution in [3.8, 4) is 5.75 Å². The maximum Gasteiger partial charge on any atom is 0.135 e. The number of hydrogen-bond acceptors (Lipinski definition) is 3. The van der Waals surface area contributed by atoms with Crippen LogP contribution in [0.3, 0.4) is 0 Å². The molecule has 98 valence electrons. The molecule has 1 aliphatic carbocycles. The molecule has 0 aromatic heterocycles. The summed E-state index contributed by atoms with van der Waals surface area (Å²) in [5, 5.41) is 9.67. The highest BCUT2D eigenvalue weighted by Gasteiger charge is 2.41. The van der Waals surface area contributed by atoms with Gasteiger partial charge in [0.15, 0.2) is 0 Å². The maximum atomic E-state index is 11.7. The molecule has 0 amide bonds. The minimum atomic E-state index is -0.133. The molecule has 1 aliphatic rings. The average Bonchev–Trinajstić information content (AvgIpc) is 2.32. The fourth-order valence-corrected chi connectivity index (χ4v) is 3.02. The van der Waals surface area contributed by atoms with Gasteiger partial charge in [-0.1, -0.05) is 19.1 Å². The van der Waals surface area contributed by atoms with Crippen molar-refractivity contribution in [2.24, 2.45) is 5.92 Å². The summed E-state index contributed by atoms with van der Waals surface area (Å²) < 4.78 is 0. The van der Waals surface area contributed by atoms with Gasteiger partial charge in [-0.3, -0.25) is 9.69 Å². The minimum Gasteiger partial charge on any atom is -0.508 e. The van der Waals surface area contributed by atoms with E-state index < -0.39 is 0 Å². The Hall–Kier alpha value is -1.35. The second-order valence-electron chi connectivity index (χ2n) is 5.55. The minimum absolute atomic E-state index is 0.0866. The Labute approximate surface area is 108 Å². The Morgan fingerprint density at radius 1 is 1.39 bits per heavy atom. The van der Waals surface area contributed by atoms with E-state index in [1.807, 2.05) is 39.2 Å². The number of aromatic hydroxyl groups is 1. The van der Waals surface area contributed by atoms with Crippen LogP contribution in [0.1, 0.15) is 31.7 Å². The van der Waals surface area contributed by atoms with E-state index in [0.717, 1.165) is 18.4 Å². The lowest BCUT2D eigenvalue weighted by Gasteiger charge is -2.45. The van der Waals surface area contributed by atoms with Gasteiger partial charge in [-0.15, -0.1) is 0 Å². The predicted molar refractivity (Wildman–Crippen MR) is 71.5 cm³/mol.